The van der Waals surface area contributed by atoms with Crippen molar-refractivity contribution in [3.8, 4) is 0 Å². The molecule has 0 spiro atoms. The van der Waals surface area contributed by atoms with Crippen LogP contribution < -0.4 is 10.5 Å². The molecule has 0 radical (unpaired) electrons. The Labute approximate surface area is 107 Å². The largest absolute Gasteiger partial charge is 0.399 e. The summed E-state index contributed by atoms with van der Waals surface area (Å²) in [5.74, 6) is 0. The molecular formula is C12H18N2O3S. The number of nitrogen functional groups attached to an aromatic ring is 1. The molecule has 1 saturated heterocycles. The van der Waals surface area contributed by atoms with Gasteiger partial charge < -0.3 is 10.5 Å². The molecule has 0 unspecified atom stereocenters. The first-order valence-corrected chi connectivity index (χ1v) is 7.43. The van der Waals surface area contributed by atoms with Crippen molar-refractivity contribution in [1.29, 1.82) is 0 Å². The summed E-state index contributed by atoms with van der Waals surface area (Å²) in [5, 5.41) is 0. The zero-order valence-electron chi connectivity index (χ0n) is 10.3. The Morgan fingerprint density at radius 3 is 2.61 bits per heavy atom. The number of hydrogen-bond acceptors (Lipinski definition) is 4. The third-order valence-corrected chi connectivity index (χ3v) is 4.61. The molecule has 0 bridgehead atoms. The molecule has 0 amide bonds. The van der Waals surface area contributed by atoms with E-state index in [1.807, 2.05) is 0 Å². The minimum Gasteiger partial charge on any atom is -0.399 e. The first-order chi connectivity index (χ1) is 8.49. The van der Waals surface area contributed by atoms with Crippen molar-refractivity contribution in [2.24, 2.45) is 0 Å². The highest BCUT2D eigenvalue weighted by Crippen LogP contribution is 2.18. The molecule has 1 heterocycles. The monoisotopic (exact) mass is 270 g/mol. The van der Waals surface area contributed by atoms with E-state index in [4.69, 9.17) is 10.5 Å². The summed E-state index contributed by atoms with van der Waals surface area (Å²) in [4.78, 5) is 0.265. The first-order valence-electron chi connectivity index (χ1n) is 5.95. The van der Waals surface area contributed by atoms with E-state index in [-0.39, 0.29) is 10.9 Å². The van der Waals surface area contributed by atoms with E-state index < -0.39 is 10.0 Å². The van der Waals surface area contributed by atoms with Crippen LogP contribution in [0.4, 0.5) is 5.69 Å². The van der Waals surface area contributed by atoms with E-state index in [9.17, 15) is 8.42 Å². The van der Waals surface area contributed by atoms with Gasteiger partial charge in [-0.3, -0.25) is 0 Å². The Hall–Kier alpha value is -1.11. The van der Waals surface area contributed by atoms with Crippen molar-refractivity contribution in [2.75, 3.05) is 18.9 Å². The average molecular weight is 270 g/mol. The summed E-state index contributed by atoms with van der Waals surface area (Å²) in [6.45, 7) is 3.00. The predicted molar refractivity (Wildman–Crippen MR) is 69.8 cm³/mol. The summed E-state index contributed by atoms with van der Waals surface area (Å²) in [6.07, 6.45) is 1.43. The molecule has 6 heteroatoms. The van der Waals surface area contributed by atoms with Gasteiger partial charge >= 0.3 is 0 Å². The lowest BCUT2D eigenvalue weighted by Crippen LogP contribution is -2.38. The van der Waals surface area contributed by atoms with Crippen molar-refractivity contribution in [3.05, 3.63) is 23.8 Å². The van der Waals surface area contributed by atoms with E-state index >= 15 is 0 Å². The topological polar surface area (TPSA) is 81.4 Å². The molecule has 1 aliphatic rings. The van der Waals surface area contributed by atoms with Crippen LogP contribution in [0.1, 0.15) is 18.4 Å². The van der Waals surface area contributed by atoms with Crippen molar-refractivity contribution >= 4 is 15.7 Å². The Morgan fingerprint density at radius 2 is 2.00 bits per heavy atom. The van der Waals surface area contributed by atoms with Crippen LogP contribution in [0, 0.1) is 6.92 Å². The van der Waals surface area contributed by atoms with Gasteiger partial charge in [-0.1, -0.05) is 0 Å². The molecule has 0 saturated carbocycles. The zero-order valence-corrected chi connectivity index (χ0v) is 11.2. The minimum absolute atomic E-state index is 0.0402. The Bertz CT molecular complexity index is 522. The van der Waals surface area contributed by atoms with Gasteiger partial charge in [0.05, 0.1) is 4.90 Å². The first kappa shape index (κ1) is 13.3. The standard InChI is InChI=1S/C12H18N2O3S/c1-9-8-11(2-3-12(9)13)18(15,16)14-10-4-6-17-7-5-10/h2-3,8,10,14H,4-7,13H2,1H3. The minimum atomic E-state index is -3.46. The van der Waals surface area contributed by atoms with Gasteiger partial charge in [-0.2, -0.15) is 0 Å². The van der Waals surface area contributed by atoms with Crippen LogP contribution in [-0.2, 0) is 14.8 Å². The van der Waals surface area contributed by atoms with Gasteiger partial charge in [0.15, 0.2) is 0 Å². The van der Waals surface area contributed by atoms with Crippen LogP contribution in [0.5, 0.6) is 0 Å². The molecule has 1 fully saturated rings. The highest BCUT2D eigenvalue weighted by molar-refractivity contribution is 7.89. The molecule has 18 heavy (non-hydrogen) atoms. The van der Waals surface area contributed by atoms with Gasteiger partial charge in [-0.25, -0.2) is 13.1 Å². The maximum absolute atomic E-state index is 12.2. The second-order valence-corrected chi connectivity index (χ2v) is 6.24. The predicted octanol–water partition coefficient (Wildman–Crippen LogP) is 1.03. The molecule has 1 aliphatic heterocycles. The van der Waals surface area contributed by atoms with E-state index in [1.54, 1.807) is 19.1 Å². The van der Waals surface area contributed by atoms with Crippen LogP contribution in [0.2, 0.25) is 0 Å². The zero-order chi connectivity index (χ0) is 13.2. The molecule has 0 atom stereocenters. The smallest absolute Gasteiger partial charge is 0.240 e. The van der Waals surface area contributed by atoms with Gasteiger partial charge in [0.2, 0.25) is 10.0 Å². The van der Waals surface area contributed by atoms with Crippen molar-refractivity contribution in [2.45, 2.75) is 30.7 Å². The third-order valence-electron chi connectivity index (χ3n) is 3.09. The maximum atomic E-state index is 12.2. The molecule has 0 aromatic heterocycles. The number of hydrogen-bond donors (Lipinski definition) is 2. The molecule has 0 aliphatic carbocycles. The van der Waals surface area contributed by atoms with Crippen LogP contribution in [-0.4, -0.2) is 27.7 Å². The van der Waals surface area contributed by atoms with Crippen molar-refractivity contribution < 1.29 is 13.2 Å². The summed E-state index contributed by atoms with van der Waals surface area (Å²) in [5.41, 5.74) is 7.05. The highest BCUT2D eigenvalue weighted by atomic mass is 32.2. The normalized spacial score (nSPS) is 17.8. The average Bonchev–Trinajstić information content (AvgIpc) is 2.33. The van der Waals surface area contributed by atoms with E-state index in [1.165, 1.54) is 6.07 Å². The van der Waals surface area contributed by atoms with E-state index in [0.29, 0.717) is 31.7 Å². The van der Waals surface area contributed by atoms with Gasteiger partial charge in [0.1, 0.15) is 0 Å². The van der Waals surface area contributed by atoms with Crippen molar-refractivity contribution in [1.82, 2.24) is 4.72 Å². The molecule has 5 nitrogen and oxygen atoms in total. The number of nitrogens with two attached hydrogens (primary N) is 1. The molecule has 1 aromatic carbocycles. The van der Waals surface area contributed by atoms with Crippen molar-refractivity contribution in [3.63, 3.8) is 0 Å². The summed E-state index contributed by atoms with van der Waals surface area (Å²) in [7, 11) is -3.46. The van der Waals surface area contributed by atoms with Gasteiger partial charge in [-0.15, -0.1) is 0 Å². The van der Waals surface area contributed by atoms with Crippen LogP contribution >= 0.6 is 0 Å². The van der Waals surface area contributed by atoms with Gasteiger partial charge in [0, 0.05) is 24.9 Å². The Balaban J connectivity index is 2.16. The number of ether oxygens (including phenoxy) is 1. The fourth-order valence-electron chi connectivity index (χ4n) is 1.92. The quantitative estimate of drug-likeness (QED) is 0.804. The second kappa shape index (κ2) is 5.26. The number of sulfonamides is 1. The van der Waals surface area contributed by atoms with E-state index in [0.717, 1.165) is 5.56 Å². The molecule has 2 rings (SSSR count). The second-order valence-electron chi connectivity index (χ2n) is 4.53. The van der Waals surface area contributed by atoms with Gasteiger partial charge in [0.25, 0.3) is 0 Å². The Kier molecular flexibility index (Phi) is 3.89. The van der Waals surface area contributed by atoms with Gasteiger partial charge in [-0.05, 0) is 43.5 Å². The lowest BCUT2D eigenvalue weighted by atomic mass is 10.1. The number of nitrogens with one attached hydrogen (secondary N) is 1. The number of rotatable bonds is 3. The summed E-state index contributed by atoms with van der Waals surface area (Å²) < 4.78 is 32.3. The lowest BCUT2D eigenvalue weighted by Gasteiger charge is -2.23. The number of aryl methyl sites for hydroxylation is 1. The molecule has 100 valence electrons. The van der Waals surface area contributed by atoms with E-state index in [2.05, 4.69) is 4.72 Å². The number of benzene rings is 1. The maximum Gasteiger partial charge on any atom is 0.240 e. The molecule has 1 aromatic rings. The van der Waals surface area contributed by atoms with Crippen LogP contribution in [0.25, 0.3) is 0 Å². The van der Waals surface area contributed by atoms with Crippen LogP contribution in [0.3, 0.4) is 0 Å². The lowest BCUT2D eigenvalue weighted by molar-refractivity contribution is 0.0832. The summed E-state index contributed by atoms with van der Waals surface area (Å²) >= 11 is 0. The van der Waals surface area contributed by atoms with Crippen LogP contribution in [0.15, 0.2) is 23.1 Å². The highest BCUT2D eigenvalue weighted by Gasteiger charge is 2.22. The molecule has 3 N–H and O–H groups in total. The summed E-state index contributed by atoms with van der Waals surface area (Å²) in [6, 6.07) is 4.70. The fourth-order valence-corrected chi connectivity index (χ4v) is 3.31. The SMILES string of the molecule is Cc1cc(S(=O)(=O)NC2CCOCC2)ccc1N. The molecular weight excluding hydrogens is 252 g/mol. The third kappa shape index (κ3) is 3.01. The number of anilines is 1. The fraction of sp³-hybridized carbons (Fsp3) is 0.500. The Morgan fingerprint density at radius 1 is 1.33 bits per heavy atom.